The minimum Gasteiger partial charge on any atom is -0.327 e. The third-order valence-electron chi connectivity index (χ3n) is 4.71. The van der Waals surface area contributed by atoms with Gasteiger partial charge in [-0.1, -0.05) is 44.4 Å². The van der Waals surface area contributed by atoms with Crippen LogP contribution in [0.15, 0.2) is 48.8 Å². The second kappa shape index (κ2) is 8.62. The maximum absolute atomic E-state index is 12.7. The Labute approximate surface area is 159 Å². The summed E-state index contributed by atoms with van der Waals surface area (Å²) in [5.74, 6) is 0.261. The maximum atomic E-state index is 12.7. The molecule has 0 saturated carbocycles. The normalized spacial score (nSPS) is 10.9. The summed E-state index contributed by atoms with van der Waals surface area (Å²) < 4.78 is 2.07. The molecule has 3 rings (SSSR count). The SMILES string of the molecule is CCCCCCn1c(NC(=O)c2cccnc2)c(C(C)=O)c2ccccc21. The lowest BCUT2D eigenvalue weighted by atomic mass is 10.1. The lowest BCUT2D eigenvalue weighted by Crippen LogP contribution is -2.17. The number of carbonyl (C=O) groups is 2. The van der Waals surface area contributed by atoms with Crippen molar-refractivity contribution in [2.75, 3.05) is 5.32 Å². The molecule has 140 valence electrons. The molecule has 0 unspecified atom stereocenters. The molecule has 0 bridgehead atoms. The van der Waals surface area contributed by atoms with E-state index in [-0.39, 0.29) is 11.7 Å². The zero-order valence-corrected chi connectivity index (χ0v) is 15.9. The van der Waals surface area contributed by atoms with E-state index in [2.05, 4.69) is 21.8 Å². The number of nitrogens with one attached hydrogen (secondary N) is 1. The van der Waals surface area contributed by atoms with Crippen LogP contribution in [0.2, 0.25) is 0 Å². The lowest BCUT2D eigenvalue weighted by Gasteiger charge is -2.13. The fourth-order valence-corrected chi connectivity index (χ4v) is 3.40. The van der Waals surface area contributed by atoms with Gasteiger partial charge in [-0.15, -0.1) is 0 Å². The van der Waals surface area contributed by atoms with Gasteiger partial charge in [0, 0.05) is 24.3 Å². The van der Waals surface area contributed by atoms with Crippen LogP contribution in [0.5, 0.6) is 0 Å². The number of unbranched alkanes of at least 4 members (excludes halogenated alkanes) is 3. The van der Waals surface area contributed by atoms with Crippen molar-refractivity contribution in [1.82, 2.24) is 9.55 Å². The van der Waals surface area contributed by atoms with Crippen molar-refractivity contribution in [3.8, 4) is 0 Å². The van der Waals surface area contributed by atoms with Crippen LogP contribution < -0.4 is 5.32 Å². The van der Waals surface area contributed by atoms with Crippen LogP contribution in [-0.4, -0.2) is 21.2 Å². The van der Waals surface area contributed by atoms with Crippen LogP contribution in [0.3, 0.4) is 0 Å². The van der Waals surface area contributed by atoms with Crippen molar-refractivity contribution in [1.29, 1.82) is 0 Å². The average molecular weight is 363 g/mol. The molecule has 5 heteroatoms. The van der Waals surface area contributed by atoms with Gasteiger partial charge in [0.15, 0.2) is 5.78 Å². The molecule has 1 N–H and O–H groups in total. The molecule has 0 saturated heterocycles. The van der Waals surface area contributed by atoms with E-state index < -0.39 is 0 Å². The second-order valence-electron chi connectivity index (χ2n) is 6.71. The Morgan fingerprint density at radius 3 is 2.59 bits per heavy atom. The number of ketones is 1. The molecule has 5 nitrogen and oxygen atoms in total. The summed E-state index contributed by atoms with van der Waals surface area (Å²) in [6, 6.07) is 11.3. The molecular formula is C22H25N3O2. The minimum absolute atomic E-state index is 0.0556. The third kappa shape index (κ3) is 4.08. The van der Waals surface area contributed by atoms with Crippen molar-refractivity contribution >= 4 is 28.4 Å². The zero-order chi connectivity index (χ0) is 19.2. The number of aryl methyl sites for hydroxylation is 1. The number of hydrogen-bond donors (Lipinski definition) is 1. The molecule has 1 aromatic carbocycles. The van der Waals surface area contributed by atoms with E-state index >= 15 is 0 Å². The summed E-state index contributed by atoms with van der Waals surface area (Å²) in [5, 5.41) is 3.85. The number of carbonyl (C=O) groups excluding carboxylic acids is 2. The molecule has 2 heterocycles. The van der Waals surface area contributed by atoms with Crippen LogP contribution >= 0.6 is 0 Å². The van der Waals surface area contributed by atoms with Crippen molar-refractivity contribution in [3.05, 3.63) is 59.9 Å². The molecule has 2 aromatic heterocycles. The highest BCUT2D eigenvalue weighted by molar-refractivity contribution is 6.15. The highest BCUT2D eigenvalue weighted by Gasteiger charge is 2.22. The number of pyridine rings is 1. The Balaban J connectivity index is 2.03. The first-order valence-corrected chi connectivity index (χ1v) is 9.47. The van der Waals surface area contributed by atoms with Gasteiger partial charge in [-0.25, -0.2) is 0 Å². The number of aromatic nitrogens is 2. The largest absolute Gasteiger partial charge is 0.327 e. The average Bonchev–Trinajstić information content (AvgIpc) is 2.99. The Hall–Kier alpha value is -2.95. The van der Waals surface area contributed by atoms with E-state index in [1.165, 1.54) is 12.6 Å². The molecule has 0 radical (unpaired) electrons. The quantitative estimate of drug-likeness (QED) is 0.449. The van der Waals surface area contributed by atoms with Crippen molar-refractivity contribution in [3.63, 3.8) is 0 Å². The van der Waals surface area contributed by atoms with Gasteiger partial charge < -0.3 is 9.88 Å². The fourth-order valence-electron chi connectivity index (χ4n) is 3.40. The molecular weight excluding hydrogens is 338 g/mol. The Kier molecular flexibility index (Phi) is 6.01. The summed E-state index contributed by atoms with van der Waals surface area (Å²) >= 11 is 0. The molecule has 0 fully saturated rings. The second-order valence-corrected chi connectivity index (χ2v) is 6.71. The topological polar surface area (TPSA) is 64.0 Å². The molecule has 0 atom stereocenters. The number of amides is 1. The first-order chi connectivity index (χ1) is 13.1. The first-order valence-electron chi connectivity index (χ1n) is 9.47. The van der Waals surface area contributed by atoms with E-state index in [1.807, 2.05) is 24.3 Å². The van der Waals surface area contributed by atoms with Crippen LogP contribution in [0.1, 0.15) is 60.2 Å². The first kappa shape index (κ1) is 18.8. The number of rotatable bonds is 8. The van der Waals surface area contributed by atoms with Crippen LogP contribution in [0.25, 0.3) is 10.9 Å². The predicted molar refractivity (Wildman–Crippen MR) is 108 cm³/mol. The van der Waals surface area contributed by atoms with Crippen molar-refractivity contribution in [2.45, 2.75) is 46.1 Å². The Morgan fingerprint density at radius 2 is 1.89 bits per heavy atom. The van der Waals surface area contributed by atoms with Gasteiger partial charge in [0.25, 0.3) is 5.91 Å². The van der Waals surface area contributed by atoms with E-state index in [4.69, 9.17) is 0 Å². The molecule has 1 amide bonds. The minimum atomic E-state index is -0.261. The predicted octanol–water partition coefficient (Wildman–Crippen LogP) is 5.07. The summed E-state index contributed by atoms with van der Waals surface area (Å²) in [4.78, 5) is 29.1. The number of benzene rings is 1. The number of hydrogen-bond acceptors (Lipinski definition) is 3. The smallest absolute Gasteiger partial charge is 0.258 e. The highest BCUT2D eigenvalue weighted by atomic mass is 16.2. The number of anilines is 1. The molecule has 27 heavy (non-hydrogen) atoms. The van der Waals surface area contributed by atoms with Gasteiger partial charge in [0.2, 0.25) is 0 Å². The Morgan fingerprint density at radius 1 is 1.07 bits per heavy atom. The van der Waals surface area contributed by atoms with Crippen molar-refractivity contribution < 1.29 is 9.59 Å². The van der Waals surface area contributed by atoms with Gasteiger partial charge in [-0.2, -0.15) is 0 Å². The molecule has 0 aliphatic carbocycles. The molecule has 0 aliphatic heterocycles. The third-order valence-corrected chi connectivity index (χ3v) is 4.71. The molecule has 0 spiro atoms. The van der Waals surface area contributed by atoms with E-state index in [1.54, 1.807) is 25.3 Å². The zero-order valence-electron chi connectivity index (χ0n) is 15.9. The van der Waals surface area contributed by atoms with Gasteiger partial charge in [0.1, 0.15) is 5.82 Å². The van der Waals surface area contributed by atoms with E-state index in [0.717, 1.165) is 36.7 Å². The lowest BCUT2D eigenvalue weighted by molar-refractivity contribution is 0.102. The maximum Gasteiger partial charge on any atom is 0.258 e. The highest BCUT2D eigenvalue weighted by Crippen LogP contribution is 2.31. The standard InChI is InChI=1S/C22H25N3O2/c1-3-4-5-8-14-25-19-12-7-6-11-18(19)20(16(2)26)21(25)24-22(27)17-10-9-13-23-15-17/h6-7,9-13,15H,3-5,8,14H2,1-2H3,(H,24,27). The van der Waals surface area contributed by atoms with Crippen LogP contribution in [-0.2, 0) is 6.54 Å². The number of para-hydroxylation sites is 1. The summed E-state index contributed by atoms with van der Waals surface area (Å²) in [6.45, 7) is 4.48. The summed E-state index contributed by atoms with van der Waals surface area (Å²) in [7, 11) is 0. The fraction of sp³-hybridized carbons (Fsp3) is 0.318. The summed E-state index contributed by atoms with van der Waals surface area (Å²) in [5.41, 5.74) is 2.01. The monoisotopic (exact) mass is 363 g/mol. The number of Topliss-reactive ketones (excluding diaryl/α,β-unsaturated/α-hetero) is 1. The number of fused-ring (bicyclic) bond motifs is 1. The van der Waals surface area contributed by atoms with Gasteiger partial charge >= 0.3 is 0 Å². The van der Waals surface area contributed by atoms with Crippen molar-refractivity contribution in [2.24, 2.45) is 0 Å². The van der Waals surface area contributed by atoms with Crippen LogP contribution in [0.4, 0.5) is 5.82 Å². The number of nitrogens with zero attached hydrogens (tertiary/aromatic N) is 2. The van der Waals surface area contributed by atoms with Gasteiger partial charge in [0.05, 0.1) is 16.6 Å². The van der Waals surface area contributed by atoms with Crippen LogP contribution in [0, 0.1) is 0 Å². The van der Waals surface area contributed by atoms with E-state index in [9.17, 15) is 9.59 Å². The van der Waals surface area contributed by atoms with Gasteiger partial charge in [-0.3, -0.25) is 14.6 Å². The van der Waals surface area contributed by atoms with Gasteiger partial charge in [-0.05, 0) is 31.5 Å². The molecule has 3 aromatic rings. The van der Waals surface area contributed by atoms with E-state index in [0.29, 0.717) is 16.9 Å². The Bertz CT molecular complexity index is 945. The molecule has 0 aliphatic rings. The summed E-state index contributed by atoms with van der Waals surface area (Å²) in [6.07, 6.45) is 7.61.